The molecule has 1 aliphatic rings. The number of hydrogen-bond donors (Lipinski definition) is 2. The number of nitrogens with two attached hydrogens (primary N) is 1. The summed E-state index contributed by atoms with van der Waals surface area (Å²) in [5.74, 6) is -0.287. The summed E-state index contributed by atoms with van der Waals surface area (Å²) in [4.78, 5) is 12.2. The normalized spacial score (nSPS) is 18.4. The molecule has 0 radical (unpaired) electrons. The molecule has 1 fully saturated rings. The first-order valence-electron chi connectivity index (χ1n) is 6.99. The van der Waals surface area contributed by atoms with Crippen LogP contribution in [0, 0.1) is 0 Å². The Kier molecular flexibility index (Phi) is 5.87. The maximum absolute atomic E-state index is 12.7. The number of benzene rings is 1. The van der Waals surface area contributed by atoms with E-state index < -0.39 is 23.3 Å². The van der Waals surface area contributed by atoms with Gasteiger partial charge in [-0.3, -0.25) is 4.79 Å². The molecule has 124 valence electrons. The van der Waals surface area contributed by atoms with Gasteiger partial charge in [-0.15, -0.1) is 12.4 Å². The highest BCUT2D eigenvalue weighted by Crippen LogP contribution is 2.31. The van der Waals surface area contributed by atoms with Gasteiger partial charge in [-0.1, -0.05) is 25.0 Å². The first-order valence-corrected chi connectivity index (χ1v) is 6.99. The van der Waals surface area contributed by atoms with Crippen molar-refractivity contribution in [3.05, 3.63) is 35.4 Å². The molecule has 0 heterocycles. The summed E-state index contributed by atoms with van der Waals surface area (Å²) in [5, 5.41) is 2.73. The van der Waals surface area contributed by atoms with Crippen LogP contribution in [0.5, 0.6) is 0 Å². The topological polar surface area (TPSA) is 55.1 Å². The van der Waals surface area contributed by atoms with Crippen molar-refractivity contribution in [3.8, 4) is 0 Å². The van der Waals surface area contributed by atoms with E-state index in [4.69, 9.17) is 5.73 Å². The summed E-state index contributed by atoms with van der Waals surface area (Å²) in [6.45, 7) is 1.66. The van der Waals surface area contributed by atoms with Gasteiger partial charge in [0, 0.05) is 0 Å². The predicted molar refractivity (Wildman–Crippen MR) is 80.6 cm³/mol. The molecule has 1 unspecified atom stereocenters. The second-order valence-electron chi connectivity index (χ2n) is 5.68. The van der Waals surface area contributed by atoms with Gasteiger partial charge in [0.25, 0.3) is 0 Å². The summed E-state index contributed by atoms with van der Waals surface area (Å²) in [5.41, 5.74) is 4.86. The molecule has 22 heavy (non-hydrogen) atoms. The maximum atomic E-state index is 12.7. The molecule has 1 aromatic carbocycles. The highest BCUT2D eigenvalue weighted by atomic mass is 35.5. The van der Waals surface area contributed by atoms with Crippen molar-refractivity contribution in [3.63, 3.8) is 0 Å². The summed E-state index contributed by atoms with van der Waals surface area (Å²) in [6.07, 6.45) is -1.34. The zero-order chi connectivity index (χ0) is 15.7. The smallest absolute Gasteiger partial charge is 0.348 e. The van der Waals surface area contributed by atoms with Crippen LogP contribution in [0.2, 0.25) is 0 Å². The molecule has 0 saturated heterocycles. The van der Waals surface area contributed by atoms with Gasteiger partial charge in [-0.05, 0) is 37.5 Å². The zero-order valence-electron chi connectivity index (χ0n) is 12.2. The number of amides is 1. The lowest BCUT2D eigenvalue weighted by molar-refractivity contribution is -0.137. The van der Waals surface area contributed by atoms with Crippen LogP contribution in [-0.2, 0) is 11.0 Å². The summed E-state index contributed by atoms with van der Waals surface area (Å²) in [6, 6.07) is 4.47. The van der Waals surface area contributed by atoms with E-state index >= 15 is 0 Å². The van der Waals surface area contributed by atoms with Gasteiger partial charge >= 0.3 is 6.18 Å². The van der Waals surface area contributed by atoms with Crippen LogP contribution in [0.3, 0.4) is 0 Å². The lowest BCUT2D eigenvalue weighted by Crippen LogP contribution is -2.52. The summed E-state index contributed by atoms with van der Waals surface area (Å²) < 4.78 is 38.1. The molecular formula is C15H20ClF3N2O. The monoisotopic (exact) mass is 336 g/mol. The van der Waals surface area contributed by atoms with E-state index in [1.165, 1.54) is 6.07 Å². The van der Waals surface area contributed by atoms with Crippen molar-refractivity contribution in [1.29, 1.82) is 0 Å². The third-order valence-electron chi connectivity index (χ3n) is 4.01. The molecular weight excluding hydrogens is 317 g/mol. The fourth-order valence-electron chi connectivity index (χ4n) is 2.64. The Balaban J connectivity index is 0.00000242. The van der Waals surface area contributed by atoms with Crippen LogP contribution in [-0.4, -0.2) is 11.4 Å². The summed E-state index contributed by atoms with van der Waals surface area (Å²) in [7, 11) is 0. The molecule has 1 aliphatic carbocycles. The van der Waals surface area contributed by atoms with E-state index in [1.54, 1.807) is 13.0 Å². The largest absolute Gasteiger partial charge is 0.416 e. The van der Waals surface area contributed by atoms with Crippen molar-refractivity contribution < 1.29 is 18.0 Å². The highest BCUT2D eigenvalue weighted by molar-refractivity contribution is 5.86. The van der Waals surface area contributed by atoms with Crippen LogP contribution >= 0.6 is 12.4 Å². The minimum Gasteiger partial charge on any atom is -0.348 e. The van der Waals surface area contributed by atoms with Crippen LogP contribution in [0.1, 0.15) is 49.8 Å². The molecule has 1 aromatic rings. The molecule has 0 aliphatic heterocycles. The second-order valence-corrected chi connectivity index (χ2v) is 5.68. The number of carbonyl (C=O) groups is 1. The van der Waals surface area contributed by atoms with Gasteiger partial charge in [0.2, 0.25) is 5.91 Å². The molecule has 1 atom stereocenters. The molecule has 0 aromatic heterocycles. The fourth-order valence-corrected chi connectivity index (χ4v) is 2.64. The molecule has 7 heteroatoms. The quantitative estimate of drug-likeness (QED) is 0.886. The van der Waals surface area contributed by atoms with Crippen LogP contribution in [0.4, 0.5) is 13.2 Å². The Morgan fingerprint density at radius 3 is 2.45 bits per heavy atom. The Bertz CT molecular complexity index is 528. The number of rotatable bonds is 3. The van der Waals surface area contributed by atoms with Gasteiger partial charge in [0.15, 0.2) is 0 Å². The second kappa shape index (κ2) is 6.87. The summed E-state index contributed by atoms with van der Waals surface area (Å²) >= 11 is 0. The molecule has 0 spiro atoms. The van der Waals surface area contributed by atoms with Gasteiger partial charge in [0.1, 0.15) is 0 Å². The molecule has 3 N–H and O–H groups in total. The van der Waals surface area contributed by atoms with E-state index in [0.29, 0.717) is 18.4 Å². The first kappa shape index (κ1) is 18.8. The Labute approximate surface area is 133 Å². The van der Waals surface area contributed by atoms with Gasteiger partial charge < -0.3 is 11.1 Å². The third-order valence-corrected chi connectivity index (χ3v) is 4.01. The van der Waals surface area contributed by atoms with Crippen molar-refractivity contribution in [2.45, 2.75) is 50.4 Å². The standard InChI is InChI=1S/C15H19F3N2O.ClH/c1-10(20-13(21)14(19)7-2-3-8-14)11-5-4-6-12(9-11)15(16,17)18;/h4-6,9-10H,2-3,7-8,19H2,1H3,(H,20,21);1H. The van der Waals surface area contributed by atoms with E-state index in [0.717, 1.165) is 25.0 Å². The number of nitrogens with one attached hydrogen (secondary N) is 1. The number of hydrogen-bond acceptors (Lipinski definition) is 2. The first-order chi connectivity index (χ1) is 9.72. The molecule has 0 bridgehead atoms. The van der Waals surface area contributed by atoms with Gasteiger partial charge in [0.05, 0.1) is 17.1 Å². The minimum atomic E-state index is -4.39. The Morgan fingerprint density at radius 1 is 1.32 bits per heavy atom. The zero-order valence-corrected chi connectivity index (χ0v) is 13.1. The van der Waals surface area contributed by atoms with Gasteiger partial charge in [-0.25, -0.2) is 0 Å². The SMILES string of the molecule is CC(NC(=O)C1(N)CCCC1)c1cccc(C(F)(F)F)c1.Cl. The minimum absolute atomic E-state index is 0. The lowest BCUT2D eigenvalue weighted by atomic mass is 9.96. The van der Waals surface area contributed by atoms with Crippen molar-refractivity contribution in [1.82, 2.24) is 5.32 Å². The molecule has 1 saturated carbocycles. The van der Waals surface area contributed by atoms with Gasteiger partial charge in [-0.2, -0.15) is 13.2 Å². The molecule has 3 nitrogen and oxygen atoms in total. The van der Waals surface area contributed by atoms with Crippen LogP contribution < -0.4 is 11.1 Å². The van der Waals surface area contributed by atoms with Crippen molar-refractivity contribution >= 4 is 18.3 Å². The van der Waals surface area contributed by atoms with Crippen molar-refractivity contribution in [2.24, 2.45) is 5.73 Å². The van der Waals surface area contributed by atoms with Crippen LogP contribution in [0.25, 0.3) is 0 Å². The maximum Gasteiger partial charge on any atom is 0.416 e. The van der Waals surface area contributed by atoms with E-state index in [1.807, 2.05) is 0 Å². The molecule has 1 amide bonds. The van der Waals surface area contributed by atoms with E-state index in [9.17, 15) is 18.0 Å². The Morgan fingerprint density at radius 2 is 1.91 bits per heavy atom. The predicted octanol–water partition coefficient (Wildman–Crippen LogP) is 3.58. The number of alkyl halides is 3. The number of carbonyl (C=O) groups excluding carboxylic acids is 1. The third kappa shape index (κ3) is 4.14. The average Bonchev–Trinajstić information content (AvgIpc) is 2.86. The highest BCUT2D eigenvalue weighted by Gasteiger charge is 2.37. The number of halogens is 4. The van der Waals surface area contributed by atoms with E-state index in [2.05, 4.69) is 5.32 Å². The molecule has 2 rings (SSSR count). The Hall–Kier alpha value is -1.27. The average molecular weight is 337 g/mol. The van der Waals surface area contributed by atoms with Crippen molar-refractivity contribution in [2.75, 3.05) is 0 Å². The van der Waals surface area contributed by atoms with E-state index in [-0.39, 0.29) is 18.3 Å². The lowest BCUT2D eigenvalue weighted by Gasteiger charge is -2.25. The fraction of sp³-hybridized carbons (Fsp3) is 0.533. The van der Waals surface area contributed by atoms with Crippen LogP contribution in [0.15, 0.2) is 24.3 Å².